The van der Waals surface area contributed by atoms with Crippen LogP contribution in [0.2, 0.25) is 0 Å². The summed E-state index contributed by atoms with van der Waals surface area (Å²) in [5.41, 5.74) is 0.943. The van der Waals surface area contributed by atoms with Gasteiger partial charge in [0.25, 0.3) is 0 Å². The molecule has 1 aromatic rings. The quantitative estimate of drug-likeness (QED) is 0.828. The van der Waals surface area contributed by atoms with E-state index in [4.69, 9.17) is 10.00 Å². The Hall–Kier alpha value is -1.42. The van der Waals surface area contributed by atoms with Crippen LogP contribution in [0.3, 0.4) is 0 Å². The minimum Gasteiger partial charge on any atom is -0.380 e. The zero-order chi connectivity index (χ0) is 13.9. The van der Waals surface area contributed by atoms with Crippen LogP contribution in [0.15, 0.2) is 24.3 Å². The summed E-state index contributed by atoms with van der Waals surface area (Å²) in [6.45, 7) is 1.04. The Morgan fingerprint density at radius 2 is 2.21 bits per heavy atom. The van der Waals surface area contributed by atoms with Gasteiger partial charge in [-0.25, -0.2) is 8.42 Å². The van der Waals surface area contributed by atoms with Crippen molar-refractivity contribution in [1.29, 1.82) is 5.26 Å². The molecular weight excluding hydrogens is 264 g/mol. The maximum absolute atomic E-state index is 12.3. The van der Waals surface area contributed by atoms with E-state index in [2.05, 4.69) is 0 Å². The van der Waals surface area contributed by atoms with Gasteiger partial charge in [-0.15, -0.1) is 0 Å². The van der Waals surface area contributed by atoms with E-state index in [0.717, 1.165) is 6.42 Å². The van der Waals surface area contributed by atoms with Crippen molar-refractivity contribution in [2.45, 2.75) is 18.2 Å². The fraction of sp³-hybridized carbons (Fsp3) is 0.462. The number of likely N-dealkylation sites (N-methyl/N-ethyl adjacent to an activating group) is 1. The summed E-state index contributed by atoms with van der Waals surface area (Å²) in [5.74, 6) is -0.149. The summed E-state index contributed by atoms with van der Waals surface area (Å²) in [7, 11) is -1.85. The number of hydrogen-bond donors (Lipinski definition) is 0. The van der Waals surface area contributed by atoms with Gasteiger partial charge in [-0.2, -0.15) is 9.57 Å². The molecule has 5 nitrogen and oxygen atoms in total. The predicted molar refractivity (Wildman–Crippen MR) is 70.8 cm³/mol. The zero-order valence-electron chi connectivity index (χ0n) is 10.7. The van der Waals surface area contributed by atoms with E-state index in [1.165, 1.54) is 4.31 Å². The standard InChI is InChI=1S/C13H16N2O3S/c1-15(13-6-7-18-9-13)19(16,17)10-12-5-3-2-4-11(12)8-14/h2-5,13H,6-7,9-10H2,1H3. The highest BCUT2D eigenvalue weighted by atomic mass is 32.2. The van der Waals surface area contributed by atoms with Gasteiger partial charge in [-0.05, 0) is 18.1 Å². The molecule has 1 saturated heterocycles. The molecule has 1 aliphatic rings. The van der Waals surface area contributed by atoms with Crippen molar-refractivity contribution in [3.8, 4) is 6.07 Å². The van der Waals surface area contributed by atoms with Crippen molar-refractivity contribution < 1.29 is 13.2 Å². The number of nitriles is 1. The van der Waals surface area contributed by atoms with E-state index in [0.29, 0.717) is 24.3 Å². The fourth-order valence-corrected chi connectivity index (χ4v) is 3.56. The van der Waals surface area contributed by atoms with Crippen LogP contribution in [-0.2, 0) is 20.5 Å². The molecule has 1 atom stereocenters. The van der Waals surface area contributed by atoms with Gasteiger partial charge in [-0.3, -0.25) is 0 Å². The van der Waals surface area contributed by atoms with E-state index in [1.54, 1.807) is 31.3 Å². The van der Waals surface area contributed by atoms with Crippen LogP contribution in [0.5, 0.6) is 0 Å². The van der Waals surface area contributed by atoms with Crippen LogP contribution in [0.4, 0.5) is 0 Å². The van der Waals surface area contributed by atoms with Gasteiger partial charge in [0.2, 0.25) is 10.0 Å². The molecule has 0 bridgehead atoms. The van der Waals surface area contributed by atoms with E-state index >= 15 is 0 Å². The highest BCUT2D eigenvalue weighted by Gasteiger charge is 2.29. The molecule has 1 aliphatic heterocycles. The van der Waals surface area contributed by atoms with Crippen LogP contribution in [0.1, 0.15) is 17.5 Å². The Morgan fingerprint density at radius 1 is 1.47 bits per heavy atom. The average molecular weight is 280 g/mol. The SMILES string of the molecule is CN(C1CCOC1)S(=O)(=O)Cc1ccccc1C#N. The molecule has 1 aromatic carbocycles. The number of rotatable bonds is 4. The van der Waals surface area contributed by atoms with Crippen molar-refractivity contribution in [2.75, 3.05) is 20.3 Å². The summed E-state index contributed by atoms with van der Waals surface area (Å²) in [6, 6.07) is 8.69. The Balaban J connectivity index is 2.19. The highest BCUT2D eigenvalue weighted by Crippen LogP contribution is 2.19. The second kappa shape index (κ2) is 5.70. The first kappa shape index (κ1) is 14.0. The third-order valence-corrected chi connectivity index (χ3v) is 5.19. The second-order valence-corrected chi connectivity index (χ2v) is 6.59. The molecule has 1 unspecified atom stereocenters. The average Bonchev–Trinajstić information content (AvgIpc) is 2.91. The Bertz CT molecular complexity index is 586. The van der Waals surface area contributed by atoms with E-state index in [1.807, 2.05) is 6.07 Å². The topological polar surface area (TPSA) is 70.4 Å². The smallest absolute Gasteiger partial charge is 0.218 e. The van der Waals surface area contributed by atoms with Crippen molar-refractivity contribution in [3.05, 3.63) is 35.4 Å². The lowest BCUT2D eigenvalue weighted by atomic mass is 10.1. The molecule has 2 rings (SSSR count). The molecule has 0 spiro atoms. The molecule has 0 N–H and O–H groups in total. The van der Waals surface area contributed by atoms with Gasteiger partial charge in [0, 0.05) is 13.7 Å². The molecule has 0 saturated carbocycles. The first-order chi connectivity index (χ1) is 9.04. The summed E-state index contributed by atoms with van der Waals surface area (Å²) in [6.07, 6.45) is 0.718. The van der Waals surface area contributed by atoms with Gasteiger partial charge in [-0.1, -0.05) is 18.2 Å². The number of ether oxygens (including phenoxy) is 1. The summed E-state index contributed by atoms with van der Waals surface area (Å²) >= 11 is 0. The minimum absolute atomic E-state index is 0.0979. The fourth-order valence-electron chi connectivity index (χ4n) is 2.09. The monoisotopic (exact) mass is 280 g/mol. The van der Waals surface area contributed by atoms with Crippen molar-refractivity contribution in [3.63, 3.8) is 0 Å². The zero-order valence-corrected chi connectivity index (χ0v) is 11.6. The third-order valence-electron chi connectivity index (χ3n) is 3.33. The first-order valence-electron chi connectivity index (χ1n) is 6.06. The van der Waals surface area contributed by atoms with E-state index < -0.39 is 10.0 Å². The molecule has 0 aliphatic carbocycles. The second-order valence-electron chi connectivity index (χ2n) is 4.56. The summed E-state index contributed by atoms with van der Waals surface area (Å²) < 4.78 is 31.2. The number of sulfonamides is 1. The molecule has 19 heavy (non-hydrogen) atoms. The molecule has 1 fully saturated rings. The molecular formula is C13H16N2O3S. The van der Waals surface area contributed by atoms with E-state index in [-0.39, 0.29) is 11.8 Å². The number of benzene rings is 1. The first-order valence-corrected chi connectivity index (χ1v) is 7.67. The molecule has 0 aromatic heterocycles. The molecule has 1 heterocycles. The molecule has 102 valence electrons. The van der Waals surface area contributed by atoms with E-state index in [9.17, 15) is 8.42 Å². The van der Waals surface area contributed by atoms with Crippen LogP contribution >= 0.6 is 0 Å². The minimum atomic E-state index is -3.43. The predicted octanol–water partition coefficient (Wildman–Crippen LogP) is 1.11. The van der Waals surface area contributed by atoms with Gasteiger partial charge in [0.05, 0.1) is 30.0 Å². The Labute approximate surface area is 113 Å². The Kier molecular flexibility index (Phi) is 4.20. The van der Waals surface area contributed by atoms with Crippen LogP contribution < -0.4 is 0 Å². The van der Waals surface area contributed by atoms with Gasteiger partial charge >= 0.3 is 0 Å². The lowest BCUT2D eigenvalue weighted by Gasteiger charge is -2.22. The van der Waals surface area contributed by atoms with Crippen LogP contribution in [0, 0.1) is 11.3 Å². The highest BCUT2D eigenvalue weighted by molar-refractivity contribution is 7.88. The maximum atomic E-state index is 12.3. The van der Waals surface area contributed by atoms with Crippen LogP contribution in [-0.4, -0.2) is 39.0 Å². The van der Waals surface area contributed by atoms with Crippen molar-refractivity contribution in [2.24, 2.45) is 0 Å². The van der Waals surface area contributed by atoms with Gasteiger partial charge < -0.3 is 4.74 Å². The maximum Gasteiger partial charge on any atom is 0.218 e. The Morgan fingerprint density at radius 3 is 2.84 bits per heavy atom. The number of hydrogen-bond acceptors (Lipinski definition) is 4. The lowest BCUT2D eigenvalue weighted by molar-refractivity contribution is 0.181. The number of nitrogens with zero attached hydrogens (tertiary/aromatic N) is 2. The largest absolute Gasteiger partial charge is 0.380 e. The summed E-state index contributed by atoms with van der Waals surface area (Å²) in [5, 5.41) is 8.99. The molecule has 0 amide bonds. The van der Waals surface area contributed by atoms with Gasteiger partial charge in [0.15, 0.2) is 0 Å². The molecule has 0 radical (unpaired) electrons. The third kappa shape index (κ3) is 3.13. The van der Waals surface area contributed by atoms with Crippen molar-refractivity contribution >= 4 is 10.0 Å². The lowest BCUT2D eigenvalue weighted by Crippen LogP contribution is -2.38. The summed E-state index contributed by atoms with van der Waals surface area (Å²) in [4.78, 5) is 0. The van der Waals surface area contributed by atoms with Crippen molar-refractivity contribution in [1.82, 2.24) is 4.31 Å². The normalized spacial score (nSPS) is 19.5. The molecule has 6 heteroatoms. The van der Waals surface area contributed by atoms with Gasteiger partial charge in [0.1, 0.15) is 0 Å². The van der Waals surface area contributed by atoms with Crippen LogP contribution in [0.25, 0.3) is 0 Å².